The Morgan fingerprint density at radius 3 is 1.88 bits per heavy atom. The van der Waals surface area contributed by atoms with Crippen LogP contribution in [-0.2, 0) is 34.3 Å². The first-order chi connectivity index (χ1) is 3.50. The molecule has 0 aromatic rings. The molecular formula is CHAuF2O3S. The zero-order chi connectivity index (χ0) is 6.78. The second kappa shape index (κ2) is 2.88. The van der Waals surface area contributed by atoms with E-state index in [-0.39, 0.29) is 0 Å². The predicted molar refractivity (Wildman–Crippen MR) is 16.0 cm³/mol. The molecule has 0 heterocycles. The molecule has 0 unspecified atom stereocenters. The van der Waals surface area contributed by atoms with E-state index in [0.717, 1.165) is 21.5 Å². The summed E-state index contributed by atoms with van der Waals surface area (Å²) in [7, 11) is -4.59. The zero-order valence-electron chi connectivity index (χ0n) is 3.27. The number of hydrogen-bond acceptors (Lipinski definition) is 3. The molecule has 0 rings (SSSR count). The summed E-state index contributed by atoms with van der Waals surface area (Å²) in [5.41, 5.74) is 0. The van der Waals surface area contributed by atoms with Crippen molar-refractivity contribution in [3.8, 4) is 0 Å². The van der Waals surface area contributed by atoms with Gasteiger partial charge in [0.15, 0.2) is 0 Å². The molecule has 0 radical (unpaired) electrons. The molecule has 0 fully saturated rings. The molecule has 0 saturated heterocycles. The minimum atomic E-state index is -4.59. The molecule has 8 heavy (non-hydrogen) atoms. The van der Waals surface area contributed by atoms with Gasteiger partial charge in [-0.15, -0.1) is 0 Å². The molecule has 0 bridgehead atoms. The molecule has 0 N–H and O–H groups in total. The molecular weight excluding hydrogens is 327 g/mol. The molecule has 0 aliphatic rings. The van der Waals surface area contributed by atoms with E-state index in [9.17, 15) is 17.2 Å². The Hall–Kier alpha value is 0.510. The van der Waals surface area contributed by atoms with Crippen molar-refractivity contribution >= 4 is 10.1 Å². The van der Waals surface area contributed by atoms with E-state index in [2.05, 4.69) is 2.69 Å². The summed E-state index contributed by atoms with van der Waals surface area (Å²) >= 11 is 1.04. The minimum absolute atomic E-state index is 1.04. The van der Waals surface area contributed by atoms with Crippen LogP contribution in [-0.4, -0.2) is 14.2 Å². The van der Waals surface area contributed by atoms with E-state index in [0.29, 0.717) is 0 Å². The fraction of sp³-hybridized carbons (Fsp3) is 1.00. The first-order valence-corrected chi connectivity index (χ1v) is 3.65. The molecule has 0 aromatic carbocycles. The Bertz CT molecular complexity index is 151. The van der Waals surface area contributed by atoms with E-state index in [1.807, 2.05) is 0 Å². The summed E-state index contributed by atoms with van der Waals surface area (Å²) < 4.78 is 45.0. The van der Waals surface area contributed by atoms with Crippen LogP contribution < -0.4 is 0 Å². The van der Waals surface area contributed by atoms with Gasteiger partial charge in [-0.1, -0.05) is 0 Å². The number of rotatable bonds is 2. The third-order valence-electron chi connectivity index (χ3n) is 0.288. The molecule has 0 saturated carbocycles. The van der Waals surface area contributed by atoms with Gasteiger partial charge in [-0.25, -0.2) is 0 Å². The molecule has 0 aliphatic heterocycles. The first-order valence-electron chi connectivity index (χ1n) is 1.30. The van der Waals surface area contributed by atoms with Crippen molar-refractivity contribution in [2.75, 3.05) is 0 Å². The third kappa shape index (κ3) is 2.19. The molecule has 0 aliphatic carbocycles. The molecule has 0 atom stereocenters. The molecule has 0 spiro atoms. The third-order valence-corrected chi connectivity index (χ3v) is 2.37. The van der Waals surface area contributed by atoms with Gasteiger partial charge in [0.1, 0.15) is 0 Å². The molecule has 7 heteroatoms. The van der Waals surface area contributed by atoms with E-state index in [4.69, 9.17) is 0 Å². The van der Waals surface area contributed by atoms with Crippen LogP contribution in [0.1, 0.15) is 0 Å². The van der Waals surface area contributed by atoms with Gasteiger partial charge in [0, 0.05) is 0 Å². The van der Waals surface area contributed by atoms with Crippen LogP contribution in [0.4, 0.5) is 8.78 Å². The van der Waals surface area contributed by atoms with Gasteiger partial charge in [-0.05, 0) is 0 Å². The van der Waals surface area contributed by atoms with Crippen molar-refractivity contribution < 1.29 is 41.4 Å². The van der Waals surface area contributed by atoms with Gasteiger partial charge in [-0.3, -0.25) is 0 Å². The molecule has 0 amide bonds. The summed E-state index contributed by atoms with van der Waals surface area (Å²) in [6.07, 6.45) is 0. The van der Waals surface area contributed by atoms with Crippen LogP contribution >= 0.6 is 0 Å². The van der Waals surface area contributed by atoms with Crippen LogP contribution in [0.2, 0.25) is 0 Å². The average Bonchev–Trinajstić information content (AvgIpc) is 1.67. The van der Waals surface area contributed by atoms with Crippen molar-refractivity contribution in [2.24, 2.45) is 0 Å². The van der Waals surface area contributed by atoms with Gasteiger partial charge in [-0.2, -0.15) is 0 Å². The monoisotopic (exact) mass is 328 g/mol. The number of alkyl halides is 2. The van der Waals surface area contributed by atoms with Crippen molar-refractivity contribution in [1.29, 1.82) is 0 Å². The van der Waals surface area contributed by atoms with Crippen LogP contribution in [0.5, 0.6) is 0 Å². The Morgan fingerprint density at radius 1 is 1.50 bits per heavy atom. The first kappa shape index (κ1) is 8.51. The van der Waals surface area contributed by atoms with Crippen molar-refractivity contribution in [3.63, 3.8) is 0 Å². The van der Waals surface area contributed by atoms with E-state index in [1.54, 1.807) is 0 Å². The second-order valence-corrected chi connectivity index (χ2v) is 3.33. The van der Waals surface area contributed by atoms with E-state index in [1.165, 1.54) is 0 Å². The predicted octanol–water partition coefficient (Wildman–Crippen LogP) is 0.0172. The fourth-order valence-corrected chi connectivity index (χ4v) is 0.539. The fourth-order valence-electron chi connectivity index (χ4n) is 0.0219. The Morgan fingerprint density at radius 2 is 1.88 bits per heavy atom. The van der Waals surface area contributed by atoms with Crippen LogP contribution in [0.3, 0.4) is 0 Å². The average molecular weight is 328 g/mol. The molecule has 3 nitrogen and oxygen atoms in total. The normalized spacial score (nSPS) is 12.6. The number of halogens is 2. The topological polar surface area (TPSA) is 43.4 Å². The van der Waals surface area contributed by atoms with Gasteiger partial charge < -0.3 is 0 Å². The van der Waals surface area contributed by atoms with Gasteiger partial charge in [0.25, 0.3) is 0 Å². The summed E-state index contributed by atoms with van der Waals surface area (Å²) in [6.45, 7) is 0. The SMILES string of the molecule is O=S(=O)([O][Au])C(F)F. The Balaban J connectivity index is 4.17. The van der Waals surface area contributed by atoms with Crippen molar-refractivity contribution in [1.82, 2.24) is 0 Å². The summed E-state index contributed by atoms with van der Waals surface area (Å²) in [6, 6.07) is 0. The molecule has 0 aromatic heterocycles. The quantitative estimate of drug-likeness (QED) is 0.671. The Labute approximate surface area is 57.6 Å². The Kier molecular flexibility index (Phi) is 3.07. The number of hydrogen-bond donors (Lipinski definition) is 0. The maximum atomic E-state index is 11.1. The second-order valence-electron chi connectivity index (χ2n) is 0.804. The van der Waals surface area contributed by atoms with E-state index >= 15 is 0 Å². The van der Waals surface area contributed by atoms with Crippen LogP contribution in [0, 0.1) is 0 Å². The van der Waals surface area contributed by atoms with Crippen molar-refractivity contribution in [3.05, 3.63) is 0 Å². The van der Waals surface area contributed by atoms with Gasteiger partial charge in [0.2, 0.25) is 0 Å². The standard InChI is InChI=1S/CH2F2O3S.Au/c2-1(3)7(4,5)6;/h1H,(H,4,5,6);/q;+1/p-1. The maximum absolute atomic E-state index is 11.1. The van der Waals surface area contributed by atoms with Gasteiger partial charge in [0.05, 0.1) is 0 Å². The summed E-state index contributed by atoms with van der Waals surface area (Å²) in [4.78, 5) is 0. The van der Waals surface area contributed by atoms with Crippen molar-refractivity contribution in [2.45, 2.75) is 5.76 Å². The summed E-state index contributed by atoms with van der Waals surface area (Å²) in [5, 5.41) is 0. The van der Waals surface area contributed by atoms with Crippen LogP contribution in [0.15, 0.2) is 0 Å². The summed E-state index contributed by atoms with van der Waals surface area (Å²) in [5.74, 6) is -3.45. The van der Waals surface area contributed by atoms with Crippen LogP contribution in [0.25, 0.3) is 0 Å². The van der Waals surface area contributed by atoms with Gasteiger partial charge >= 0.3 is 57.2 Å². The van der Waals surface area contributed by atoms with E-state index < -0.39 is 15.9 Å². The zero-order valence-corrected chi connectivity index (χ0v) is 6.25. The molecule has 54 valence electrons.